The monoisotopic (exact) mass is 290 g/mol. The van der Waals surface area contributed by atoms with Crippen molar-refractivity contribution in [1.29, 1.82) is 0 Å². The van der Waals surface area contributed by atoms with Gasteiger partial charge in [0.1, 0.15) is 0 Å². The first-order chi connectivity index (χ1) is 8.37. The number of hydrogen-bond acceptors (Lipinski definition) is 6. The highest BCUT2D eigenvalue weighted by atomic mass is 32.2. The van der Waals surface area contributed by atoms with Crippen molar-refractivity contribution in [3.63, 3.8) is 0 Å². The van der Waals surface area contributed by atoms with E-state index in [2.05, 4.69) is 10.3 Å². The second-order valence-electron chi connectivity index (χ2n) is 4.34. The Labute approximate surface area is 109 Å². The summed E-state index contributed by atoms with van der Waals surface area (Å²) in [5.74, 6) is -0.827. The van der Waals surface area contributed by atoms with E-state index in [0.717, 1.165) is 0 Å². The number of aliphatic hydroxyl groups is 1. The first-order valence-corrected chi connectivity index (χ1v) is 8.22. The Morgan fingerprint density at radius 1 is 1.67 bits per heavy atom. The molecule has 100 valence electrons. The topological polar surface area (TPSA) is 96.4 Å². The largest absolute Gasteiger partial charge is 0.387 e. The number of nitrogens with zero attached hydrogens (tertiary/aromatic N) is 1. The third kappa shape index (κ3) is 3.06. The molecule has 2 atom stereocenters. The van der Waals surface area contributed by atoms with Crippen molar-refractivity contribution in [2.24, 2.45) is 5.92 Å². The van der Waals surface area contributed by atoms with Crippen LogP contribution in [0.5, 0.6) is 0 Å². The Morgan fingerprint density at radius 2 is 2.39 bits per heavy atom. The average Bonchev–Trinajstić information content (AvgIpc) is 2.84. The van der Waals surface area contributed by atoms with E-state index in [1.807, 2.05) is 0 Å². The summed E-state index contributed by atoms with van der Waals surface area (Å²) in [6.45, 7) is 1.59. The van der Waals surface area contributed by atoms with Gasteiger partial charge < -0.3 is 10.4 Å². The van der Waals surface area contributed by atoms with Gasteiger partial charge in [0.2, 0.25) is 5.91 Å². The molecule has 2 heterocycles. The van der Waals surface area contributed by atoms with Crippen LogP contribution in [0.25, 0.3) is 0 Å². The van der Waals surface area contributed by atoms with E-state index in [0.29, 0.717) is 17.2 Å². The quantitative estimate of drug-likeness (QED) is 0.848. The Bertz CT molecular complexity index is 550. The minimum atomic E-state index is -3.06. The molecule has 0 aliphatic carbocycles. The molecule has 18 heavy (non-hydrogen) atoms. The van der Waals surface area contributed by atoms with Crippen molar-refractivity contribution in [3.05, 3.63) is 11.1 Å². The third-order valence-electron chi connectivity index (χ3n) is 2.78. The summed E-state index contributed by atoms with van der Waals surface area (Å²) in [6.07, 6.45) is -0.318. The number of hydrogen-bond donors (Lipinski definition) is 2. The van der Waals surface area contributed by atoms with Gasteiger partial charge in [0.15, 0.2) is 15.0 Å². The number of carbonyl (C=O) groups is 1. The van der Waals surface area contributed by atoms with Crippen molar-refractivity contribution in [2.45, 2.75) is 19.4 Å². The number of anilines is 1. The maximum atomic E-state index is 11.8. The van der Waals surface area contributed by atoms with Gasteiger partial charge in [0.05, 0.1) is 29.2 Å². The standard InChI is InChI=1S/C10H14N2O4S2/c1-6(13)8-4-17-10(11-8)12-9(14)7-2-3-18(15,16)5-7/h4,6-7,13H,2-3,5H2,1H3,(H,11,12,14). The van der Waals surface area contributed by atoms with Crippen molar-refractivity contribution in [3.8, 4) is 0 Å². The second-order valence-corrected chi connectivity index (χ2v) is 7.43. The van der Waals surface area contributed by atoms with Crippen LogP contribution >= 0.6 is 11.3 Å². The lowest BCUT2D eigenvalue weighted by molar-refractivity contribution is -0.119. The molecule has 0 radical (unpaired) electrons. The molecule has 1 aromatic heterocycles. The zero-order chi connectivity index (χ0) is 13.3. The van der Waals surface area contributed by atoms with E-state index in [-0.39, 0.29) is 17.4 Å². The fraction of sp³-hybridized carbons (Fsp3) is 0.600. The molecule has 1 aliphatic rings. The molecule has 1 saturated heterocycles. The van der Waals surface area contributed by atoms with Gasteiger partial charge >= 0.3 is 0 Å². The minimum absolute atomic E-state index is 0.0713. The number of amides is 1. The summed E-state index contributed by atoms with van der Waals surface area (Å²) in [5.41, 5.74) is 0.495. The van der Waals surface area contributed by atoms with Crippen LogP contribution in [0.2, 0.25) is 0 Å². The Morgan fingerprint density at radius 3 is 2.89 bits per heavy atom. The fourth-order valence-electron chi connectivity index (χ4n) is 1.74. The van der Waals surface area contributed by atoms with E-state index < -0.39 is 21.9 Å². The molecule has 8 heteroatoms. The lowest BCUT2D eigenvalue weighted by Gasteiger charge is -2.06. The first kappa shape index (κ1) is 13.4. The number of aromatic nitrogens is 1. The molecule has 0 saturated carbocycles. The highest BCUT2D eigenvalue weighted by Crippen LogP contribution is 2.23. The predicted molar refractivity (Wildman–Crippen MR) is 68.1 cm³/mol. The number of nitrogens with one attached hydrogen (secondary N) is 1. The molecule has 1 amide bonds. The van der Waals surface area contributed by atoms with Gasteiger partial charge in [-0.1, -0.05) is 0 Å². The summed E-state index contributed by atoms with van der Waals surface area (Å²) in [6, 6.07) is 0. The summed E-state index contributed by atoms with van der Waals surface area (Å²) >= 11 is 1.21. The molecule has 0 bridgehead atoms. The van der Waals surface area contributed by atoms with E-state index in [9.17, 15) is 18.3 Å². The highest BCUT2D eigenvalue weighted by molar-refractivity contribution is 7.91. The summed E-state index contributed by atoms with van der Waals surface area (Å²) in [7, 11) is -3.06. The molecule has 2 unspecified atom stereocenters. The van der Waals surface area contributed by atoms with Crippen LogP contribution < -0.4 is 5.32 Å². The average molecular weight is 290 g/mol. The van der Waals surface area contributed by atoms with E-state index in [4.69, 9.17) is 0 Å². The highest BCUT2D eigenvalue weighted by Gasteiger charge is 2.33. The van der Waals surface area contributed by atoms with Gasteiger partial charge in [-0.2, -0.15) is 0 Å². The van der Waals surface area contributed by atoms with Gasteiger partial charge in [-0.25, -0.2) is 13.4 Å². The molecule has 2 rings (SSSR count). The maximum Gasteiger partial charge on any atom is 0.230 e. The van der Waals surface area contributed by atoms with Crippen LogP contribution in [0.3, 0.4) is 0 Å². The smallest absolute Gasteiger partial charge is 0.230 e. The molecular formula is C10H14N2O4S2. The number of carbonyl (C=O) groups excluding carboxylic acids is 1. The summed E-state index contributed by atoms with van der Waals surface area (Å²) in [4.78, 5) is 15.9. The Hall–Kier alpha value is -0.990. The van der Waals surface area contributed by atoms with E-state index >= 15 is 0 Å². The lowest BCUT2D eigenvalue weighted by atomic mass is 10.1. The second kappa shape index (κ2) is 4.94. The van der Waals surface area contributed by atoms with Gasteiger partial charge in [-0.15, -0.1) is 11.3 Å². The van der Waals surface area contributed by atoms with Gasteiger partial charge in [-0.3, -0.25) is 4.79 Å². The van der Waals surface area contributed by atoms with Gasteiger partial charge in [0, 0.05) is 5.38 Å². The summed E-state index contributed by atoms with van der Waals surface area (Å²) < 4.78 is 22.5. The van der Waals surface area contributed by atoms with Crippen LogP contribution in [0.15, 0.2) is 5.38 Å². The van der Waals surface area contributed by atoms with Crippen molar-refractivity contribution in [2.75, 3.05) is 16.8 Å². The maximum absolute atomic E-state index is 11.8. The number of sulfone groups is 1. The van der Waals surface area contributed by atoms with Crippen molar-refractivity contribution >= 4 is 32.2 Å². The number of aliphatic hydroxyl groups excluding tert-OH is 1. The fourth-order valence-corrected chi connectivity index (χ4v) is 4.29. The first-order valence-electron chi connectivity index (χ1n) is 5.52. The van der Waals surface area contributed by atoms with Crippen LogP contribution in [0, 0.1) is 5.92 Å². The predicted octanol–water partition coefficient (Wildman–Crippen LogP) is 0.570. The van der Waals surface area contributed by atoms with Gasteiger partial charge in [-0.05, 0) is 13.3 Å². The molecule has 1 aliphatic heterocycles. The Balaban J connectivity index is 1.99. The SMILES string of the molecule is CC(O)c1csc(NC(=O)C2CCS(=O)(=O)C2)n1. The lowest BCUT2D eigenvalue weighted by Crippen LogP contribution is -2.23. The van der Waals surface area contributed by atoms with Crippen LogP contribution in [0.4, 0.5) is 5.13 Å². The normalized spacial score (nSPS) is 23.8. The van der Waals surface area contributed by atoms with Gasteiger partial charge in [0.25, 0.3) is 0 Å². The molecule has 0 aromatic carbocycles. The van der Waals surface area contributed by atoms with Crippen LogP contribution in [-0.4, -0.2) is 35.9 Å². The van der Waals surface area contributed by atoms with E-state index in [1.165, 1.54) is 11.3 Å². The van der Waals surface area contributed by atoms with Crippen molar-refractivity contribution in [1.82, 2.24) is 4.98 Å². The zero-order valence-corrected chi connectivity index (χ0v) is 11.4. The Kier molecular flexibility index (Phi) is 3.69. The summed E-state index contributed by atoms with van der Waals surface area (Å²) in [5, 5.41) is 13.9. The third-order valence-corrected chi connectivity index (χ3v) is 5.33. The zero-order valence-electron chi connectivity index (χ0n) is 9.79. The molecular weight excluding hydrogens is 276 g/mol. The van der Waals surface area contributed by atoms with E-state index in [1.54, 1.807) is 12.3 Å². The van der Waals surface area contributed by atoms with Crippen molar-refractivity contribution < 1.29 is 18.3 Å². The molecule has 1 aromatic rings. The minimum Gasteiger partial charge on any atom is -0.387 e. The number of rotatable bonds is 3. The molecule has 2 N–H and O–H groups in total. The van der Waals surface area contributed by atoms with Crippen LogP contribution in [0.1, 0.15) is 25.1 Å². The molecule has 6 nitrogen and oxygen atoms in total. The number of thiazole rings is 1. The molecule has 1 fully saturated rings. The van der Waals surface area contributed by atoms with Crippen LogP contribution in [-0.2, 0) is 14.6 Å². The molecule has 0 spiro atoms.